The Kier molecular flexibility index (Phi) is 4.47. The van der Waals surface area contributed by atoms with E-state index in [1.165, 1.54) is 12.1 Å². The second kappa shape index (κ2) is 6.29. The number of aryl methyl sites for hydroxylation is 1. The average molecular weight is 275 g/mol. The molecule has 1 aromatic carbocycles. The highest BCUT2D eigenvalue weighted by Gasteiger charge is 2.02. The maximum Gasteiger partial charge on any atom is 0.244 e. The lowest BCUT2D eigenvalue weighted by Crippen LogP contribution is -2.20. The summed E-state index contributed by atoms with van der Waals surface area (Å²) in [5, 5.41) is 4.64. The van der Waals surface area contributed by atoms with Crippen LogP contribution in [0.25, 0.3) is 6.08 Å². The quantitative estimate of drug-likeness (QED) is 0.850. The Labute approximate surface area is 115 Å². The first-order chi connectivity index (χ1) is 9.16. The molecule has 2 aromatic rings. The fourth-order valence-electron chi connectivity index (χ4n) is 1.59. The minimum Gasteiger partial charge on any atom is -0.348 e. The summed E-state index contributed by atoms with van der Waals surface area (Å²) in [6, 6.07) is 8.41. The molecule has 0 spiro atoms. The molecular formula is C15H14FNOS. The number of hydrogen-bond acceptors (Lipinski definition) is 2. The fraction of sp³-hybridized carbons (Fsp3) is 0.133. The molecule has 1 amide bonds. The third kappa shape index (κ3) is 3.76. The molecule has 2 rings (SSSR count). The predicted octanol–water partition coefficient (Wildman–Crippen LogP) is 3.53. The van der Waals surface area contributed by atoms with Crippen molar-refractivity contribution in [3.05, 3.63) is 63.6 Å². The molecule has 0 saturated heterocycles. The maximum absolute atomic E-state index is 13.3. The van der Waals surface area contributed by atoms with Gasteiger partial charge in [-0.1, -0.05) is 18.2 Å². The van der Waals surface area contributed by atoms with Gasteiger partial charge in [0, 0.05) is 23.1 Å². The molecule has 0 aliphatic rings. The van der Waals surface area contributed by atoms with Gasteiger partial charge in [-0.2, -0.15) is 0 Å². The van der Waals surface area contributed by atoms with Crippen molar-refractivity contribution in [3.63, 3.8) is 0 Å². The molecule has 0 aliphatic carbocycles. The first kappa shape index (κ1) is 13.5. The van der Waals surface area contributed by atoms with Crippen LogP contribution in [0.5, 0.6) is 0 Å². The first-order valence-electron chi connectivity index (χ1n) is 5.90. The lowest BCUT2D eigenvalue weighted by atomic mass is 10.2. The lowest BCUT2D eigenvalue weighted by Gasteiger charge is -2.03. The van der Waals surface area contributed by atoms with Gasteiger partial charge in [0.2, 0.25) is 5.91 Å². The summed E-state index contributed by atoms with van der Waals surface area (Å²) in [5.74, 6) is -0.531. The third-order valence-corrected chi connectivity index (χ3v) is 3.68. The predicted molar refractivity (Wildman–Crippen MR) is 76.3 cm³/mol. The van der Waals surface area contributed by atoms with Gasteiger partial charge < -0.3 is 5.32 Å². The van der Waals surface area contributed by atoms with E-state index in [0.29, 0.717) is 5.56 Å². The largest absolute Gasteiger partial charge is 0.348 e. The molecule has 0 atom stereocenters. The number of amides is 1. The molecule has 1 heterocycles. The van der Waals surface area contributed by atoms with Crippen LogP contribution in [-0.4, -0.2) is 5.91 Å². The zero-order valence-corrected chi connectivity index (χ0v) is 11.3. The van der Waals surface area contributed by atoms with E-state index in [1.807, 2.05) is 18.4 Å². The zero-order valence-electron chi connectivity index (χ0n) is 10.5. The highest BCUT2D eigenvalue weighted by molar-refractivity contribution is 7.11. The first-order valence-corrected chi connectivity index (χ1v) is 6.78. The van der Waals surface area contributed by atoms with Crippen LogP contribution in [0.1, 0.15) is 16.0 Å². The molecule has 2 nitrogen and oxygen atoms in total. The van der Waals surface area contributed by atoms with Crippen molar-refractivity contribution in [2.24, 2.45) is 0 Å². The number of rotatable bonds is 4. The van der Waals surface area contributed by atoms with Crippen molar-refractivity contribution in [2.45, 2.75) is 13.5 Å². The van der Waals surface area contributed by atoms with Crippen molar-refractivity contribution in [1.82, 2.24) is 5.32 Å². The van der Waals surface area contributed by atoms with Crippen LogP contribution in [0.15, 0.2) is 41.8 Å². The van der Waals surface area contributed by atoms with Crippen LogP contribution in [-0.2, 0) is 11.3 Å². The van der Waals surface area contributed by atoms with E-state index in [9.17, 15) is 9.18 Å². The average Bonchev–Trinajstić information content (AvgIpc) is 2.81. The van der Waals surface area contributed by atoms with Crippen LogP contribution >= 0.6 is 11.3 Å². The van der Waals surface area contributed by atoms with E-state index < -0.39 is 0 Å². The Morgan fingerprint density at radius 2 is 2.16 bits per heavy atom. The normalized spacial score (nSPS) is 10.8. The summed E-state index contributed by atoms with van der Waals surface area (Å²) < 4.78 is 13.3. The summed E-state index contributed by atoms with van der Waals surface area (Å²) in [7, 11) is 0. The number of carbonyl (C=O) groups is 1. The van der Waals surface area contributed by atoms with Gasteiger partial charge in [-0.3, -0.25) is 4.79 Å². The van der Waals surface area contributed by atoms with Gasteiger partial charge in [-0.25, -0.2) is 4.39 Å². The van der Waals surface area contributed by atoms with Crippen molar-refractivity contribution in [3.8, 4) is 0 Å². The summed E-state index contributed by atoms with van der Waals surface area (Å²) >= 11 is 1.58. The molecule has 98 valence electrons. The van der Waals surface area contributed by atoms with Crippen LogP contribution in [0.3, 0.4) is 0 Å². The maximum atomic E-state index is 13.3. The van der Waals surface area contributed by atoms with Gasteiger partial charge in [0.1, 0.15) is 5.82 Å². The van der Waals surface area contributed by atoms with Gasteiger partial charge in [-0.15, -0.1) is 11.3 Å². The Morgan fingerprint density at radius 1 is 1.37 bits per heavy atom. The molecule has 4 heteroatoms. The van der Waals surface area contributed by atoms with E-state index in [0.717, 1.165) is 10.4 Å². The van der Waals surface area contributed by atoms with E-state index >= 15 is 0 Å². The number of carbonyl (C=O) groups excluding carboxylic acids is 1. The zero-order chi connectivity index (χ0) is 13.7. The molecule has 1 aromatic heterocycles. The molecule has 0 bridgehead atoms. The standard InChI is InChI=1S/C15H14FNOS/c1-11-8-9-19-14(11)6-7-15(18)17-10-12-4-2-3-5-13(12)16/h2-9H,10H2,1H3,(H,17,18)/b7-6+. The number of benzene rings is 1. The molecule has 0 fully saturated rings. The van der Waals surface area contributed by atoms with Crippen LogP contribution in [0, 0.1) is 12.7 Å². The monoisotopic (exact) mass is 275 g/mol. The minimum atomic E-state index is -0.305. The topological polar surface area (TPSA) is 29.1 Å². The van der Waals surface area contributed by atoms with E-state index in [4.69, 9.17) is 0 Å². The number of halogens is 1. The van der Waals surface area contributed by atoms with Crippen molar-refractivity contribution >= 4 is 23.3 Å². The molecule has 0 radical (unpaired) electrons. The summed E-state index contributed by atoms with van der Waals surface area (Å²) in [6.07, 6.45) is 3.25. The van der Waals surface area contributed by atoms with Gasteiger partial charge in [0.05, 0.1) is 0 Å². The van der Waals surface area contributed by atoms with Gasteiger partial charge in [0.15, 0.2) is 0 Å². The minimum absolute atomic E-state index is 0.194. The van der Waals surface area contributed by atoms with Crippen molar-refractivity contribution in [1.29, 1.82) is 0 Å². The molecule has 0 aliphatic heterocycles. The van der Waals surface area contributed by atoms with Crippen LogP contribution in [0.4, 0.5) is 4.39 Å². The molecule has 19 heavy (non-hydrogen) atoms. The van der Waals surface area contributed by atoms with Gasteiger partial charge in [0.25, 0.3) is 0 Å². The smallest absolute Gasteiger partial charge is 0.244 e. The molecule has 1 N–H and O–H groups in total. The van der Waals surface area contributed by atoms with E-state index in [-0.39, 0.29) is 18.3 Å². The summed E-state index contributed by atoms with van der Waals surface area (Å²) in [4.78, 5) is 12.7. The fourth-order valence-corrected chi connectivity index (χ4v) is 2.41. The Hall–Kier alpha value is -1.94. The number of nitrogens with one attached hydrogen (secondary N) is 1. The highest BCUT2D eigenvalue weighted by Crippen LogP contribution is 2.16. The van der Waals surface area contributed by atoms with Gasteiger partial charge >= 0.3 is 0 Å². The number of hydrogen-bond donors (Lipinski definition) is 1. The third-order valence-electron chi connectivity index (χ3n) is 2.70. The van der Waals surface area contributed by atoms with Crippen molar-refractivity contribution < 1.29 is 9.18 Å². The van der Waals surface area contributed by atoms with Crippen molar-refractivity contribution in [2.75, 3.05) is 0 Å². The Balaban J connectivity index is 1.91. The van der Waals surface area contributed by atoms with Gasteiger partial charge in [-0.05, 0) is 36.1 Å². The number of thiophene rings is 1. The highest BCUT2D eigenvalue weighted by atomic mass is 32.1. The van der Waals surface area contributed by atoms with E-state index in [2.05, 4.69) is 5.32 Å². The SMILES string of the molecule is Cc1ccsc1/C=C/C(=O)NCc1ccccc1F. The van der Waals surface area contributed by atoms with Crippen LogP contribution in [0.2, 0.25) is 0 Å². The van der Waals surface area contributed by atoms with E-state index in [1.54, 1.807) is 35.6 Å². The second-order valence-electron chi connectivity index (χ2n) is 4.11. The molecular weight excluding hydrogens is 261 g/mol. The molecule has 0 unspecified atom stereocenters. The lowest BCUT2D eigenvalue weighted by molar-refractivity contribution is -0.116. The molecule has 0 saturated carbocycles. The summed E-state index contributed by atoms with van der Waals surface area (Å²) in [5.41, 5.74) is 1.62. The Morgan fingerprint density at radius 3 is 2.84 bits per heavy atom. The Bertz CT molecular complexity index is 604. The second-order valence-corrected chi connectivity index (χ2v) is 5.06. The van der Waals surface area contributed by atoms with Crippen LogP contribution < -0.4 is 5.32 Å². The summed E-state index contributed by atoms with van der Waals surface area (Å²) in [6.45, 7) is 2.19.